The number of guanidine groups is 1. The van der Waals surface area contributed by atoms with Crippen molar-refractivity contribution in [1.82, 2.24) is 4.90 Å². The van der Waals surface area contributed by atoms with Gasteiger partial charge in [0.15, 0.2) is 0 Å². The molecule has 3 N–H and O–H groups in total. The molecule has 1 aromatic carbocycles. The largest absolute Gasteiger partial charge is 0.368 e. The monoisotopic (exact) mass is 214 g/mol. The van der Waals surface area contributed by atoms with Crippen molar-refractivity contribution >= 4 is 24.1 Å². The molecule has 78 valence electrons. The second-order valence-corrected chi connectivity index (χ2v) is 2.84. The van der Waals surface area contributed by atoms with E-state index in [1.54, 1.807) is 4.90 Å². The molecule has 14 heavy (non-hydrogen) atoms. The van der Waals surface area contributed by atoms with Crippen LogP contribution in [0.1, 0.15) is 0 Å². The second-order valence-electron chi connectivity index (χ2n) is 2.84. The topological polar surface area (TPSA) is 53.6 Å². The molecule has 0 atom stereocenters. The van der Waals surface area contributed by atoms with E-state index in [-0.39, 0.29) is 12.4 Å². The Labute approximate surface area is 90.2 Å². The third-order valence-electron chi connectivity index (χ3n) is 1.53. The van der Waals surface area contributed by atoms with Gasteiger partial charge in [-0.15, -0.1) is 17.5 Å². The molecule has 5 heteroatoms. The molecule has 0 radical (unpaired) electrons. The average Bonchev–Trinajstić information content (AvgIpc) is 2.15. The molecule has 0 aliphatic heterocycles. The lowest BCUT2D eigenvalue weighted by Crippen LogP contribution is -2.31. The van der Waals surface area contributed by atoms with Gasteiger partial charge in [-0.3, -0.25) is 5.43 Å². The van der Waals surface area contributed by atoms with Gasteiger partial charge in [-0.25, -0.2) is 0 Å². The van der Waals surface area contributed by atoms with Gasteiger partial charge in [0.05, 0.1) is 5.69 Å². The third-order valence-corrected chi connectivity index (χ3v) is 1.53. The quantitative estimate of drug-likeness (QED) is 0.444. The zero-order valence-corrected chi connectivity index (χ0v) is 9.08. The first-order chi connectivity index (χ1) is 6.20. The molecule has 0 saturated heterocycles. The van der Waals surface area contributed by atoms with E-state index >= 15 is 0 Å². The lowest BCUT2D eigenvalue weighted by atomic mass is 10.3. The van der Waals surface area contributed by atoms with Gasteiger partial charge in [-0.05, 0) is 12.1 Å². The highest BCUT2D eigenvalue weighted by atomic mass is 35.5. The molecule has 0 spiro atoms. The Morgan fingerprint density at radius 1 is 1.29 bits per heavy atom. The number of hydrogen-bond donors (Lipinski definition) is 2. The summed E-state index contributed by atoms with van der Waals surface area (Å²) in [5.74, 6) is 0.448. The van der Waals surface area contributed by atoms with Crippen molar-refractivity contribution in [3.63, 3.8) is 0 Å². The standard InChI is InChI=1S/C9H14N4.ClH/c1-13(2)9(10)12-11-8-6-4-3-5-7-8;/h3-7,11H,1-2H3,(H2,10,12);1H. The Bertz CT molecular complexity index is 284. The lowest BCUT2D eigenvalue weighted by Gasteiger charge is -2.10. The minimum Gasteiger partial charge on any atom is -0.368 e. The normalized spacial score (nSPS) is 10.3. The maximum Gasteiger partial charge on any atom is 0.213 e. The van der Waals surface area contributed by atoms with Gasteiger partial charge < -0.3 is 10.6 Å². The molecular formula is C9H15ClN4. The fourth-order valence-electron chi connectivity index (χ4n) is 0.735. The minimum atomic E-state index is 0. The second kappa shape index (κ2) is 6.10. The summed E-state index contributed by atoms with van der Waals surface area (Å²) in [6, 6.07) is 9.66. The van der Waals surface area contributed by atoms with E-state index in [0.717, 1.165) is 5.69 Å². The molecule has 0 unspecified atom stereocenters. The summed E-state index contributed by atoms with van der Waals surface area (Å²) in [4.78, 5) is 1.73. The predicted octanol–water partition coefficient (Wildman–Crippen LogP) is 1.31. The number of nitrogens with zero attached hydrogens (tertiary/aromatic N) is 2. The number of nitrogens with one attached hydrogen (secondary N) is 1. The van der Waals surface area contributed by atoms with Gasteiger partial charge in [0.1, 0.15) is 0 Å². The van der Waals surface area contributed by atoms with Gasteiger partial charge >= 0.3 is 0 Å². The maximum atomic E-state index is 5.58. The summed E-state index contributed by atoms with van der Waals surface area (Å²) in [5.41, 5.74) is 9.35. The van der Waals surface area contributed by atoms with Crippen molar-refractivity contribution in [2.45, 2.75) is 0 Å². The van der Waals surface area contributed by atoms with Crippen LogP contribution >= 0.6 is 12.4 Å². The SMILES string of the molecule is CN(C)/C(N)=N/Nc1ccccc1.Cl. The third kappa shape index (κ3) is 4.00. The molecule has 1 rings (SSSR count). The first kappa shape index (κ1) is 12.6. The van der Waals surface area contributed by atoms with Crippen molar-refractivity contribution in [3.8, 4) is 0 Å². The molecular weight excluding hydrogens is 200 g/mol. The van der Waals surface area contributed by atoms with Crippen LogP contribution in [0.4, 0.5) is 5.69 Å². The fraction of sp³-hybridized carbons (Fsp3) is 0.222. The molecule has 0 heterocycles. The van der Waals surface area contributed by atoms with Crippen LogP contribution in [0.5, 0.6) is 0 Å². The van der Waals surface area contributed by atoms with Crippen LogP contribution in [0.15, 0.2) is 35.4 Å². The number of rotatable bonds is 2. The van der Waals surface area contributed by atoms with Gasteiger partial charge in [-0.2, -0.15) is 0 Å². The number of hydrogen-bond acceptors (Lipinski definition) is 2. The highest BCUT2D eigenvalue weighted by molar-refractivity contribution is 5.85. The van der Waals surface area contributed by atoms with E-state index in [2.05, 4.69) is 10.5 Å². The zero-order chi connectivity index (χ0) is 9.68. The van der Waals surface area contributed by atoms with Crippen LogP contribution in [0.2, 0.25) is 0 Å². The summed E-state index contributed by atoms with van der Waals surface area (Å²) in [6.45, 7) is 0. The van der Waals surface area contributed by atoms with Crippen LogP contribution in [0.25, 0.3) is 0 Å². The van der Waals surface area contributed by atoms with Crippen molar-refractivity contribution in [3.05, 3.63) is 30.3 Å². The van der Waals surface area contributed by atoms with E-state index in [0.29, 0.717) is 5.96 Å². The first-order valence-electron chi connectivity index (χ1n) is 4.01. The van der Waals surface area contributed by atoms with Gasteiger partial charge in [-0.1, -0.05) is 18.2 Å². The Kier molecular flexibility index (Phi) is 5.48. The molecule has 0 aliphatic rings. The zero-order valence-electron chi connectivity index (χ0n) is 8.27. The van der Waals surface area contributed by atoms with Crippen molar-refractivity contribution < 1.29 is 0 Å². The number of nitrogens with two attached hydrogens (primary N) is 1. The Balaban J connectivity index is 0.00000169. The Morgan fingerprint density at radius 2 is 1.86 bits per heavy atom. The van der Waals surface area contributed by atoms with Crippen LogP contribution < -0.4 is 11.2 Å². The highest BCUT2D eigenvalue weighted by Gasteiger charge is 1.92. The van der Waals surface area contributed by atoms with Gasteiger partial charge in [0, 0.05) is 14.1 Å². The number of halogens is 1. The fourth-order valence-corrected chi connectivity index (χ4v) is 0.735. The highest BCUT2D eigenvalue weighted by Crippen LogP contribution is 2.03. The van der Waals surface area contributed by atoms with Crippen molar-refractivity contribution in [1.29, 1.82) is 0 Å². The van der Waals surface area contributed by atoms with E-state index in [4.69, 9.17) is 5.73 Å². The number of hydrazone groups is 1. The average molecular weight is 215 g/mol. The molecule has 0 bridgehead atoms. The summed E-state index contributed by atoms with van der Waals surface area (Å²) < 4.78 is 0. The first-order valence-corrected chi connectivity index (χ1v) is 4.01. The molecule has 1 aromatic rings. The minimum absolute atomic E-state index is 0. The van der Waals surface area contributed by atoms with Crippen LogP contribution in [0, 0.1) is 0 Å². The van der Waals surface area contributed by atoms with Crippen LogP contribution in [0.3, 0.4) is 0 Å². The van der Waals surface area contributed by atoms with Gasteiger partial charge in [0.25, 0.3) is 0 Å². The molecule has 0 aromatic heterocycles. The maximum absolute atomic E-state index is 5.58. The molecule has 0 amide bonds. The summed E-state index contributed by atoms with van der Waals surface area (Å²) >= 11 is 0. The van der Waals surface area contributed by atoms with Crippen LogP contribution in [-0.4, -0.2) is 25.0 Å². The number of anilines is 1. The van der Waals surface area contributed by atoms with Gasteiger partial charge in [0.2, 0.25) is 5.96 Å². The molecule has 0 fully saturated rings. The van der Waals surface area contributed by atoms with Crippen molar-refractivity contribution in [2.24, 2.45) is 10.8 Å². The molecule has 0 aliphatic carbocycles. The van der Waals surface area contributed by atoms with E-state index in [9.17, 15) is 0 Å². The lowest BCUT2D eigenvalue weighted by molar-refractivity contribution is 0.613. The Hall–Kier alpha value is -1.42. The summed E-state index contributed by atoms with van der Waals surface area (Å²) in [6.07, 6.45) is 0. The molecule has 0 saturated carbocycles. The number of para-hydroxylation sites is 1. The summed E-state index contributed by atoms with van der Waals surface area (Å²) in [7, 11) is 3.68. The van der Waals surface area contributed by atoms with Crippen molar-refractivity contribution in [2.75, 3.05) is 19.5 Å². The smallest absolute Gasteiger partial charge is 0.213 e. The van der Waals surface area contributed by atoms with E-state index in [1.807, 2.05) is 44.4 Å². The Morgan fingerprint density at radius 3 is 2.36 bits per heavy atom. The summed E-state index contributed by atoms with van der Waals surface area (Å²) in [5, 5.41) is 3.96. The molecule has 4 nitrogen and oxygen atoms in total. The predicted molar refractivity (Wildman–Crippen MR) is 62.6 cm³/mol. The van der Waals surface area contributed by atoms with E-state index < -0.39 is 0 Å². The number of benzene rings is 1. The van der Waals surface area contributed by atoms with E-state index in [1.165, 1.54) is 0 Å². The van der Waals surface area contributed by atoms with Crippen LogP contribution in [-0.2, 0) is 0 Å².